The van der Waals surface area contributed by atoms with Crippen LogP contribution >= 0.6 is 0 Å². The smallest absolute Gasteiger partial charge is 0.333 e. The molecule has 0 aliphatic rings. The number of carboxylic acid groups (broad SMARTS) is 1. The van der Waals surface area contributed by atoms with Crippen molar-refractivity contribution in [2.75, 3.05) is 26.3 Å². The molecule has 2 amide bonds. The fourth-order valence-corrected chi connectivity index (χ4v) is 4.01. The van der Waals surface area contributed by atoms with Gasteiger partial charge < -0.3 is 24.8 Å². The molecule has 0 aromatic heterocycles. The average Bonchev–Trinajstić information content (AvgIpc) is 2.92. The first-order valence-corrected chi connectivity index (χ1v) is 12.9. The van der Waals surface area contributed by atoms with E-state index in [1.54, 1.807) is 36.1 Å². The summed E-state index contributed by atoms with van der Waals surface area (Å²) in [6.45, 7) is 2.97. The lowest BCUT2D eigenvalue weighted by Gasteiger charge is -2.23. The Morgan fingerprint density at radius 3 is 2.38 bits per heavy atom. The number of carboxylic acids is 1. The van der Waals surface area contributed by atoms with E-state index in [1.165, 1.54) is 6.07 Å². The number of hydrogen-bond donors (Lipinski definition) is 2. The van der Waals surface area contributed by atoms with E-state index in [2.05, 4.69) is 5.32 Å². The van der Waals surface area contributed by atoms with Crippen LogP contribution in [0, 0.1) is 11.6 Å². The van der Waals surface area contributed by atoms with Crippen LogP contribution in [0.1, 0.15) is 30.0 Å². The summed E-state index contributed by atoms with van der Waals surface area (Å²) in [6.07, 6.45) is 0.848. The van der Waals surface area contributed by atoms with Crippen LogP contribution in [-0.2, 0) is 28.9 Å². The van der Waals surface area contributed by atoms with Crippen LogP contribution in [0.3, 0.4) is 0 Å². The predicted molar refractivity (Wildman–Crippen MR) is 144 cm³/mol. The second-order valence-corrected chi connectivity index (χ2v) is 8.95. The Morgan fingerprint density at radius 2 is 1.72 bits per heavy atom. The average molecular weight is 541 g/mol. The molecule has 0 fully saturated rings. The van der Waals surface area contributed by atoms with E-state index in [0.717, 1.165) is 36.1 Å². The lowest BCUT2D eigenvalue weighted by Crippen LogP contribution is -2.42. The summed E-state index contributed by atoms with van der Waals surface area (Å²) in [7, 11) is 0. The molecule has 1 atom stereocenters. The number of aryl methyl sites for hydroxylation is 1. The number of carbonyl (C=O) groups excluding carboxylic acids is 1. The molecule has 0 saturated carbocycles. The standard InChI is InChI=1S/C30H34F2N2O5/c1-2-38-28(29(35)36)19-23-10-14-26(15-11-23)39-18-17-34(16-6-9-22-7-4-3-5-8-22)30(37)33-21-24-12-13-25(31)20-27(24)32/h3-5,7-8,10-15,20,28H,2,6,9,16-19,21H2,1H3,(H,33,37)(H,35,36). The van der Waals surface area contributed by atoms with Gasteiger partial charge in [-0.1, -0.05) is 48.5 Å². The largest absolute Gasteiger partial charge is 0.492 e. The van der Waals surface area contributed by atoms with Gasteiger partial charge in [0.1, 0.15) is 24.0 Å². The minimum Gasteiger partial charge on any atom is -0.492 e. The predicted octanol–water partition coefficient (Wildman–Crippen LogP) is 5.22. The van der Waals surface area contributed by atoms with Crippen molar-refractivity contribution in [1.82, 2.24) is 10.2 Å². The number of halogens is 2. The van der Waals surface area contributed by atoms with Crippen LogP contribution in [0.25, 0.3) is 0 Å². The van der Waals surface area contributed by atoms with Crippen LogP contribution in [0.4, 0.5) is 13.6 Å². The van der Waals surface area contributed by atoms with E-state index in [0.29, 0.717) is 25.4 Å². The number of nitrogens with zero attached hydrogens (tertiary/aromatic N) is 1. The molecule has 0 bridgehead atoms. The summed E-state index contributed by atoms with van der Waals surface area (Å²) >= 11 is 0. The van der Waals surface area contributed by atoms with Crippen molar-refractivity contribution < 1.29 is 33.0 Å². The topological polar surface area (TPSA) is 88.1 Å². The number of hydrogen-bond acceptors (Lipinski definition) is 4. The van der Waals surface area contributed by atoms with Gasteiger partial charge in [-0.05, 0) is 49.1 Å². The summed E-state index contributed by atoms with van der Waals surface area (Å²) < 4.78 is 38.3. The fourth-order valence-electron chi connectivity index (χ4n) is 4.01. The highest BCUT2D eigenvalue weighted by Gasteiger charge is 2.18. The van der Waals surface area contributed by atoms with Gasteiger partial charge in [0.05, 0.1) is 6.54 Å². The zero-order valence-corrected chi connectivity index (χ0v) is 21.9. The molecule has 7 nitrogen and oxygen atoms in total. The Morgan fingerprint density at radius 1 is 0.974 bits per heavy atom. The van der Waals surface area contributed by atoms with Crippen molar-refractivity contribution in [3.63, 3.8) is 0 Å². The molecule has 2 N–H and O–H groups in total. The summed E-state index contributed by atoms with van der Waals surface area (Å²) in [4.78, 5) is 25.9. The molecule has 0 radical (unpaired) electrons. The van der Waals surface area contributed by atoms with Crippen LogP contribution in [-0.4, -0.2) is 54.4 Å². The first-order valence-electron chi connectivity index (χ1n) is 12.9. The fraction of sp³-hybridized carbons (Fsp3) is 0.333. The summed E-state index contributed by atoms with van der Waals surface area (Å²) in [5, 5.41) is 12.0. The number of carbonyl (C=O) groups is 2. The number of benzene rings is 3. The number of ether oxygens (including phenoxy) is 2. The third-order valence-corrected chi connectivity index (χ3v) is 6.09. The van der Waals surface area contributed by atoms with Crippen LogP contribution in [0.2, 0.25) is 0 Å². The lowest BCUT2D eigenvalue weighted by atomic mass is 10.1. The molecule has 0 aliphatic heterocycles. The minimum atomic E-state index is -1.01. The van der Waals surface area contributed by atoms with Gasteiger partial charge in [-0.15, -0.1) is 0 Å². The lowest BCUT2D eigenvalue weighted by molar-refractivity contribution is -0.149. The highest BCUT2D eigenvalue weighted by atomic mass is 19.1. The molecule has 3 rings (SSSR count). The van der Waals surface area contributed by atoms with Crippen LogP contribution in [0.15, 0.2) is 72.8 Å². The molecule has 9 heteroatoms. The second-order valence-electron chi connectivity index (χ2n) is 8.95. The zero-order valence-electron chi connectivity index (χ0n) is 21.9. The van der Waals surface area contributed by atoms with Crippen molar-refractivity contribution >= 4 is 12.0 Å². The highest BCUT2D eigenvalue weighted by Crippen LogP contribution is 2.15. The molecule has 0 spiro atoms. The minimum absolute atomic E-state index is 0.0679. The van der Waals surface area contributed by atoms with Crippen molar-refractivity contribution in [3.8, 4) is 5.75 Å². The third-order valence-electron chi connectivity index (χ3n) is 6.09. The first kappa shape index (κ1) is 29.6. The van der Waals surface area contributed by atoms with Crippen LogP contribution in [0.5, 0.6) is 5.75 Å². The molecular weight excluding hydrogens is 506 g/mol. The van der Waals surface area contributed by atoms with Gasteiger partial charge >= 0.3 is 12.0 Å². The van der Waals surface area contributed by atoms with E-state index in [4.69, 9.17) is 9.47 Å². The van der Waals surface area contributed by atoms with Crippen molar-refractivity contribution in [3.05, 3.63) is 101 Å². The summed E-state index contributed by atoms with van der Waals surface area (Å²) in [5.74, 6) is -1.81. The Labute approximate surface area is 227 Å². The third kappa shape index (κ3) is 10.0. The number of urea groups is 1. The molecule has 1 unspecified atom stereocenters. The first-order chi connectivity index (χ1) is 18.9. The van der Waals surface area contributed by atoms with Crippen molar-refractivity contribution in [2.45, 2.75) is 38.8 Å². The SMILES string of the molecule is CCOC(Cc1ccc(OCCN(CCCc2ccccc2)C(=O)NCc2ccc(F)cc2F)cc1)C(=O)O. The van der Waals surface area contributed by atoms with Gasteiger partial charge in [0.25, 0.3) is 0 Å². The number of amides is 2. The molecule has 3 aromatic rings. The van der Waals surface area contributed by atoms with Gasteiger partial charge in [-0.3, -0.25) is 0 Å². The molecule has 0 saturated heterocycles. The van der Waals surface area contributed by atoms with Gasteiger partial charge in [0.2, 0.25) is 0 Å². The van der Waals surface area contributed by atoms with Gasteiger partial charge in [-0.25, -0.2) is 18.4 Å². The molecule has 0 heterocycles. The maximum Gasteiger partial charge on any atom is 0.333 e. The van der Waals surface area contributed by atoms with E-state index >= 15 is 0 Å². The normalized spacial score (nSPS) is 11.6. The monoisotopic (exact) mass is 540 g/mol. The Hall–Kier alpha value is -3.98. The number of rotatable bonds is 15. The molecule has 39 heavy (non-hydrogen) atoms. The Bertz CT molecular complexity index is 1190. The molecular formula is C30H34F2N2O5. The second kappa shape index (κ2) is 15.4. The van der Waals surface area contributed by atoms with Crippen molar-refractivity contribution in [1.29, 1.82) is 0 Å². The molecule has 208 valence electrons. The van der Waals surface area contributed by atoms with Crippen molar-refractivity contribution in [2.24, 2.45) is 0 Å². The van der Waals surface area contributed by atoms with E-state index in [9.17, 15) is 23.5 Å². The summed E-state index contributed by atoms with van der Waals surface area (Å²) in [6, 6.07) is 19.9. The van der Waals surface area contributed by atoms with E-state index < -0.39 is 23.7 Å². The Balaban J connectivity index is 1.55. The summed E-state index contributed by atoms with van der Waals surface area (Å²) in [5.41, 5.74) is 2.16. The number of aliphatic carboxylic acids is 1. The molecule has 3 aromatic carbocycles. The Kier molecular flexibility index (Phi) is 11.7. The molecule has 0 aliphatic carbocycles. The maximum atomic E-state index is 14.0. The van der Waals surface area contributed by atoms with Gasteiger partial charge in [-0.2, -0.15) is 0 Å². The van der Waals surface area contributed by atoms with Gasteiger partial charge in [0.15, 0.2) is 6.10 Å². The van der Waals surface area contributed by atoms with Gasteiger partial charge in [0, 0.05) is 37.7 Å². The maximum absolute atomic E-state index is 14.0. The van der Waals surface area contributed by atoms with E-state index in [-0.39, 0.29) is 31.2 Å². The zero-order chi connectivity index (χ0) is 28.0. The van der Waals surface area contributed by atoms with Crippen LogP contribution < -0.4 is 10.1 Å². The highest BCUT2D eigenvalue weighted by molar-refractivity contribution is 5.74. The van der Waals surface area contributed by atoms with E-state index in [1.807, 2.05) is 30.3 Å². The quantitative estimate of drug-likeness (QED) is 0.276. The number of nitrogens with one attached hydrogen (secondary N) is 1.